The van der Waals surface area contributed by atoms with Crippen molar-refractivity contribution in [1.82, 2.24) is 4.98 Å². The number of thiazole rings is 1. The van der Waals surface area contributed by atoms with E-state index in [9.17, 15) is 19.5 Å². The highest BCUT2D eigenvalue weighted by Gasteiger charge is 2.49. The van der Waals surface area contributed by atoms with Crippen LogP contribution in [0.2, 0.25) is 0 Å². The van der Waals surface area contributed by atoms with Gasteiger partial charge in [0, 0.05) is 18.2 Å². The van der Waals surface area contributed by atoms with E-state index < -0.39 is 34.9 Å². The van der Waals surface area contributed by atoms with Crippen LogP contribution < -0.4 is 5.32 Å². The van der Waals surface area contributed by atoms with Gasteiger partial charge in [-0.25, -0.2) is 19.4 Å². The number of rotatable bonds is 8. The van der Waals surface area contributed by atoms with Gasteiger partial charge in [-0.15, -0.1) is 11.3 Å². The number of amides is 1. The summed E-state index contributed by atoms with van der Waals surface area (Å²) in [5.74, 6) is -1.92. The van der Waals surface area contributed by atoms with Crippen LogP contribution in [0.1, 0.15) is 67.0 Å². The molecule has 34 heavy (non-hydrogen) atoms. The number of anilines is 1. The fraction of sp³-hybridized carbons (Fsp3) is 0.682. The third-order valence-electron chi connectivity index (χ3n) is 4.49. The lowest BCUT2D eigenvalue weighted by atomic mass is 9.87. The summed E-state index contributed by atoms with van der Waals surface area (Å²) in [7, 11) is 0. The number of hydrogen-bond acceptors (Lipinski definition) is 10. The summed E-state index contributed by atoms with van der Waals surface area (Å²) in [6, 6.07) is 0. The molecule has 1 aliphatic heterocycles. The van der Waals surface area contributed by atoms with Gasteiger partial charge in [-0.2, -0.15) is 0 Å². The van der Waals surface area contributed by atoms with Crippen LogP contribution in [0.5, 0.6) is 0 Å². The standard InChI is InChI=1S/C22H33N3O8S/c1-12(2)10-30-18(28)22(8-13(3)31-14(4)9-22)33-25-16(17(26)27)15-11-34-19(23-15)24-20(29)32-21(5,6)7/h11-14H,8-10H2,1-7H3,(H,26,27)(H,23,24,29)/b25-16-/t13-,14-/m1/s1. The van der Waals surface area contributed by atoms with Crippen LogP contribution in [0.4, 0.5) is 9.93 Å². The molecule has 0 aliphatic carbocycles. The molecule has 1 amide bonds. The molecule has 1 aromatic heterocycles. The smallest absolute Gasteiger partial charge is 0.413 e. The number of carboxylic acid groups (broad SMARTS) is 1. The summed E-state index contributed by atoms with van der Waals surface area (Å²) >= 11 is 0.994. The van der Waals surface area contributed by atoms with Gasteiger partial charge in [0.05, 0.1) is 18.8 Å². The Labute approximate surface area is 202 Å². The van der Waals surface area contributed by atoms with Crippen molar-refractivity contribution < 1.29 is 38.5 Å². The Bertz CT molecular complexity index is 911. The van der Waals surface area contributed by atoms with Crippen LogP contribution in [0, 0.1) is 5.92 Å². The predicted octanol–water partition coefficient (Wildman–Crippen LogP) is 3.82. The highest BCUT2D eigenvalue weighted by molar-refractivity contribution is 7.14. The molecule has 2 rings (SSSR count). The molecule has 2 heterocycles. The molecule has 12 heteroatoms. The fourth-order valence-corrected chi connectivity index (χ4v) is 4.00. The zero-order valence-electron chi connectivity index (χ0n) is 20.5. The van der Waals surface area contributed by atoms with E-state index in [2.05, 4.69) is 15.5 Å². The highest BCUT2D eigenvalue weighted by atomic mass is 32.1. The third-order valence-corrected chi connectivity index (χ3v) is 5.25. The topological polar surface area (TPSA) is 146 Å². The van der Waals surface area contributed by atoms with Crippen LogP contribution in [0.15, 0.2) is 10.5 Å². The van der Waals surface area contributed by atoms with Crippen molar-refractivity contribution in [3.63, 3.8) is 0 Å². The maximum Gasteiger partial charge on any atom is 0.413 e. The first-order valence-corrected chi connectivity index (χ1v) is 11.9. The minimum absolute atomic E-state index is 0.0394. The number of carbonyl (C=O) groups is 3. The SMILES string of the molecule is CC(C)COC(=O)C1(O/N=C(\C(=O)O)c2csc(NC(=O)OC(C)(C)C)n2)C[C@@H](C)O[C@H](C)C1. The quantitative estimate of drug-likeness (QED) is 0.309. The van der Waals surface area contributed by atoms with E-state index in [4.69, 9.17) is 19.0 Å². The lowest BCUT2D eigenvalue weighted by Crippen LogP contribution is -2.51. The molecule has 0 unspecified atom stereocenters. The van der Waals surface area contributed by atoms with Crippen molar-refractivity contribution in [3.8, 4) is 0 Å². The molecule has 2 atom stereocenters. The Kier molecular flexibility index (Phi) is 9.01. The highest BCUT2D eigenvalue weighted by Crippen LogP contribution is 2.34. The van der Waals surface area contributed by atoms with Gasteiger partial charge in [-0.1, -0.05) is 19.0 Å². The normalized spacial score (nSPS) is 23.4. The van der Waals surface area contributed by atoms with Gasteiger partial charge in [0.25, 0.3) is 0 Å². The van der Waals surface area contributed by atoms with E-state index in [0.717, 1.165) is 11.3 Å². The Morgan fingerprint density at radius 3 is 2.44 bits per heavy atom. The van der Waals surface area contributed by atoms with Crippen molar-refractivity contribution in [2.24, 2.45) is 11.1 Å². The first kappa shape index (κ1) is 27.5. The molecule has 0 aromatic carbocycles. The van der Waals surface area contributed by atoms with Gasteiger partial charge in [-0.05, 0) is 40.5 Å². The number of carboxylic acids is 1. The second-order valence-corrected chi connectivity index (χ2v) is 10.5. The number of carbonyl (C=O) groups excluding carboxylic acids is 2. The Hall–Kier alpha value is -2.73. The van der Waals surface area contributed by atoms with Crippen molar-refractivity contribution in [2.45, 2.75) is 84.7 Å². The van der Waals surface area contributed by atoms with E-state index in [-0.39, 0.29) is 48.4 Å². The summed E-state index contributed by atoms with van der Waals surface area (Å²) in [4.78, 5) is 46.6. The van der Waals surface area contributed by atoms with E-state index in [1.54, 1.807) is 34.6 Å². The van der Waals surface area contributed by atoms with Crippen molar-refractivity contribution in [2.75, 3.05) is 11.9 Å². The van der Waals surface area contributed by atoms with E-state index in [0.29, 0.717) is 0 Å². The molecule has 0 radical (unpaired) electrons. The summed E-state index contributed by atoms with van der Waals surface area (Å²) in [5.41, 5.74) is -2.76. The molecule has 0 saturated carbocycles. The zero-order valence-corrected chi connectivity index (χ0v) is 21.4. The fourth-order valence-electron chi connectivity index (χ4n) is 3.32. The third kappa shape index (κ3) is 7.94. The van der Waals surface area contributed by atoms with Gasteiger partial charge < -0.3 is 24.2 Å². The molecule has 0 spiro atoms. The molecule has 1 saturated heterocycles. The molecule has 1 fully saturated rings. The predicted molar refractivity (Wildman–Crippen MR) is 125 cm³/mol. The number of oxime groups is 1. The number of aromatic nitrogens is 1. The Morgan fingerprint density at radius 2 is 1.91 bits per heavy atom. The molecule has 190 valence electrons. The summed E-state index contributed by atoms with van der Waals surface area (Å²) < 4.78 is 16.3. The van der Waals surface area contributed by atoms with Crippen molar-refractivity contribution in [1.29, 1.82) is 0 Å². The van der Waals surface area contributed by atoms with Gasteiger partial charge in [0.2, 0.25) is 11.3 Å². The summed E-state index contributed by atoms with van der Waals surface area (Å²) in [6.45, 7) is 12.7. The van der Waals surface area contributed by atoms with Crippen LogP contribution in [-0.2, 0) is 28.6 Å². The molecule has 1 aliphatic rings. The van der Waals surface area contributed by atoms with E-state index in [1.807, 2.05) is 13.8 Å². The number of ether oxygens (including phenoxy) is 3. The number of aliphatic carboxylic acids is 1. The first-order valence-electron chi connectivity index (χ1n) is 11.0. The van der Waals surface area contributed by atoms with Gasteiger partial charge in [0.15, 0.2) is 5.13 Å². The Balaban J connectivity index is 2.27. The summed E-state index contributed by atoms with van der Waals surface area (Å²) in [6.07, 6.45) is -1.10. The number of hydrogen-bond donors (Lipinski definition) is 2. The molecular formula is C22H33N3O8S. The van der Waals surface area contributed by atoms with Gasteiger partial charge in [-0.3, -0.25) is 5.32 Å². The number of nitrogens with zero attached hydrogens (tertiary/aromatic N) is 2. The maximum absolute atomic E-state index is 13.0. The average Bonchev–Trinajstić information content (AvgIpc) is 3.11. The molecule has 11 nitrogen and oxygen atoms in total. The minimum Gasteiger partial charge on any atom is -0.476 e. The van der Waals surface area contributed by atoms with Crippen molar-refractivity contribution >= 4 is 40.2 Å². The lowest BCUT2D eigenvalue weighted by molar-refractivity contribution is -0.200. The van der Waals surface area contributed by atoms with Crippen LogP contribution in [-0.4, -0.2) is 63.9 Å². The molecular weight excluding hydrogens is 466 g/mol. The second-order valence-electron chi connectivity index (χ2n) is 9.65. The maximum atomic E-state index is 13.0. The zero-order chi connectivity index (χ0) is 25.7. The van der Waals surface area contributed by atoms with Gasteiger partial charge >= 0.3 is 18.0 Å². The van der Waals surface area contributed by atoms with E-state index in [1.165, 1.54) is 5.38 Å². The number of nitrogens with one attached hydrogen (secondary N) is 1. The minimum atomic E-state index is -1.50. The number of esters is 1. The Morgan fingerprint density at radius 1 is 1.29 bits per heavy atom. The van der Waals surface area contributed by atoms with Crippen LogP contribution >= 0.6 is 11.3 Å². The monoisotopic (exact) mass is 499 g/mol. The average molecular weight is 500 g/mol. The first-order chi connectivity index (χ1) is 15.7. The second kappa shape index (κ2) is 11.1. The van der Waals surface area contributed by atoms with Gasteiger partial charge in [0.1, 0.15) is 11.3 Å². The van der Waals surface area contributed by atoms with E-state index >= 15 is 0 Å². The largest absolute Gasteiger partial charge is 0.476 e. The molecule has 1 aromatic rings. The molecule has 2 N–H and O–H groups in total. The summed E-state index contributed by atoms with van der Waals surface area (Å²) in [5, 5.41) is 17.5. The van der Waals surface area contributed by atoms with Crippen LogP contribution in [0.25, 0.3) is 0 Å². The van der Waals surface area contributed by atoms with Crippen molar-refractivity contribution in [3.05, 3.63) is 11.1 Å². The van der Waals surface area contributed by atoms with Crippen LogP contribution in [0.3, 0.4) is 0 Å². The molecule has 0 bridgehead atoms. The lowest BCUT2D eigenvalue weighted by Gasteiger charge is -2.38.